The molecule has 2 N–H and O–H groups in total. The Hall–Kier alpha value is -0.940. The van der Waals surface area contributed by atoms with Gasteiger partial charge in [0.2, 0.25) is 0 Å². The van der Waals surface area contributed by atoms with E-state index in [4.69, 9.17) is 0 Å². The van der Waals surface area contributed by atoms with Crippen molar-refractivity contribution in [1.82, 2.24) is 15.6 Å². The van der Waals surface area contributed by atoms with E-state index in [-0.39, 0.29) is 5.91 Å². The maximum Gasteiger partial charge on any atom is 0.270 e. The summed E-state index contributed by atoms with van der Waals surface area (Å²) in [6.45, 7) is 1.77. The molecular weight excluding hydrogens is 198 g/mol. The molecule has 0 aromatic carbocycles. The maximum atomic E-state index is 11.5. The van der Waals surface area contributed by atoms with Crippen LogP contribution < -0.4 is 10.6 Å². The van der Waals surface area contributed by atoms with Crippen LogP contribution >= 0.6 is 11.3 Å². The highest BCUT2D eigenvalue weighted by Gasteiger charge is 2.15. The summed E-state index contributed by atoms with van der Waals surface area (Å²) in [5, 5.41) is 7.96. The second kappa shape index (κ2) is 4.52. The number of rotatable bonds is 3. The van der Waals surface area contributed by atoms with Crippen molar-refractivity contribution in [2.45, 2.75) is 18.9 Å². The lowest BCUT2D eigenvalue weighted by atomic mass is 10.2. The summed E-state index contributed by atoms with van der Waals surface area (Å²) in [6.07, 6.45) is 2.36. The first-order valence-electron chi connectivity index (χ1n) is 4.76. The van der Waals surface area contributed by atoms with Crippen molar-refractivity contribution in [1.29, 1.82) is 0 Å². The summed E-state index contributed by atoms with van der Waals surface area (Å²) in [5.41, 5.74) is 2.19. The van der Waals surface area contributed by atoms with E-state index in [0.717, 1.165) is 13.0 Å². The average molecular weight is 211 g/mol. The van der Waals surface area contributed by atoms with E-state index in [9.17, 15) is 4.79 Å². The molecule has 1 amide bonds. The summed E-state index contributed by atoms with van der Waals surface area (Å²) >= 11 is 1.44. The molecule has 0 radical (unpaired) electrons. The molecule has 0 spiro atoms. The van der Waals surface area contributed by atoms with Crippen LogP contribution in [-0.2, 0) is 0 Å². The Labute approximate surface area is 86.7 Å². The van der Waals surface area contributed by atoms with Crippen LogP contribution in [0, 0.1) is 0 Å². The topological polar surface area (TPSA) is 54.0 Å². The zero-order valence-electron chi connectivity index (χ0n) is 7.82. The lowest BCUT2D eigenvalue weighted by Gasteiger charge is -2.10. The molecule has 0 bridgehead atoms. The van der Waals surface area contributed by atoms with E-state index in [0.29, 0.717) is 18.3 Å². The van der Waals surface area contributed by atoms with Crippen molar-refractivity contribution in [2.24, 2.45) is 0 Å². The summed E-state index contributed by atoms with van der Waals surface area (Å²) in [4.78, 5) is 15.4. The fraction of sp³-hybridized carbons (Fsp3) is 0.556. The number of nitrogens with one attached hydrogen (secondary N) is 2. The van der Waals surface area contributed by atoms with Crippen LogP contribution in [0.3, 0.4) is 0 Å². The zero-order chi connectivity index (χ0) is 9.80. The maximum absolute atomic E-state index is 11.5. The number of amides is 1. The van der Waals surface area contributed by atoms with Gasteiger partial charge in [-0.15, -0.1) is 11.3 Å². The van der Waals surface area contributed by atoms with Crippen LogP contribution in [0.1, 0.15) is 23.3 Å². The van der Waals surface area contributed by atoms with Gasteiger partial charge in [0.25, 0.3) is 5.91 Å². The van der Waals surface area contributed by atoms with Gasteiger partial charge in [0.1, 0.15) is 5.69 Å². The summed E-state index contributed by atoms with van der Waals surface area (Å²) in [7, 11) is 0. The van der Waals surface area contributed by atoms with Crippen molar-refractivity contribution in [3.8, 4) is 0 Å². The van der Waals surface area contributed by atoms with E-state index in [1.54, 1.807) is 10.9 Å². The number of carbonyl (C=O) groups excluding carboxylic acids is 1. The molecule has 1 aromatic rings. The van der Waals surface area contributed by atoms with Crippen molar-refractivity contribution >= 4 is 17.2 Å². The molecule has 0 aliphatic carbocycles. The van der Waals surface area contributed by atoms with Gasteiger partial charge in [0.05, 0.1) is 5.51 Å². The molecule has 14 heavy (non-hydrogen) atoms. The van der Waals surface area contributed by atoms with Gasteiger partial charge in [-0.25, -0.2) is 4.98 Å². The Morgan fingerprint density at radius 2 is 2.71 bits per heavy atom. The number of hydrogen-bond acceptors (Lipinski definition) is 4. The number of aromatic nitrogens is 1. The zero-order valence-corrected chi connectivity index (χ0v) is 8.64. The third-order valence-corrected chi connectivity index (χ3v) is 2.92. The van der Waals surface area contributed by atoms with Gasteiger partial charge in [-0.3, -0.25) is 4.79 Å². The van der Waals surface area contributed by atoms with Crippen molar-refractivity contribution in [3.05, 3.63) is 16.6 Å². The molecule has 1 saturated heterocycles. The van der Waals surface area contributed by atoms with Crippen LogP contribution in [0.25, 0.3) is 0 Å². The predicted molar refractivity (Wildman–Crippen MR) is 55.5 cm³/mol. The Balaban J connectivity index is 1.78. The smallest absolute Gasteiger partial charge is 0.270 e. The van der Waals surface area contributed by atoms with Crippen LogP contribution in [0.15, 0.2) is 10.9 Å². The summed E-state index contributed by atoms with van der Waals surface area (Å²) < 4.78 is 0. The molecule has 0 saturated carbocycles. The Morgan fingerprint density at radius 3 is 3.36 bits per heavy atom. The first-order valence-corrected chi connectivity index (χ1v) is 5.70. The summed E-state index contributed by atoms with van der Waals surface area (Å²) in [6, 6.07) is 0.442. The van der Waals surface area contributed by atoms with Gasteiger partial charge in [0, 0.05) is 18.0 Å². The number of nitrogens with zero attached hydrogens (tertiary/aromatic N) is 1. The van der Waals surface area contributed by atoms with Gasteiger partial charge >= 0.3 is 0 Å². The Morgan fingerprint density at radius 1 is 1.79 bits per heavy atom. The van der Waals surface area contributed by atoms with Crippen LogP contribution in [-0.4, -0.2) is 30.0 Å². The monoisotopic (exact) mass is 211 g/mol. The highest BCUT2D eigenvalue weighted by atomic mass is 32.1. The quantitative estimate of drug-likeness (QED) is 0.771. The highest BCUT2D eigenvalue weighted by Crippen LogP contribution is 2.04. The van der Waals surface area contributed by atoms with Gasteiger partial charge in [-0.1, -0.05) is 0 Å². The molecule has 2 heterocycles. The lowest BCUT2D eigenvalue weighted by molar-refractivity contribution is 0.0946. The lowest BCUT2D eigenvalue weighted by Crippen LogP contribution is -2.37. The minimum absolute atomic E-state index is 0.0695. The second-order valence-electron chi connectivity index (χ2n) is 3.38. The normalized spacial score (nSPS) is 21.0. The number of carbonyl (C=O) groups is 1. The molecule has 5 heteroatoms. The SMILES string of the molecule is O=C(NCC1CCCN1)c1cscn1. The van der Waals surface area contributed by atoms with Crippen LogP contribution in [0.4, 0.5) is 0 Å². The first-order chi connectivity index (χ1) is 6.86. The standard InChI is InChI=1S/C9H13N3OS/c13-9(8-5-14-6-12-8)11-4-7-2-1-3-10-7/h5-7,10H,1-4H2,(H,11,13). The molecule has 1 fully saturated rings. The van der Waals surface area contributed by atoms with E-state index in [1.165, 1.54) is 17.8 Å². The fourth-order valence-electron chi connectivity index (χ4n) is 1.56. The number of thiazole rings is 1. The van der Waals surface area contributed by atoms with Gasteiger partial charge in [-0.2, -0.15) is 0 Å². The van der Waals surface area contributed by atoms with E-state index in [1.807, 2.05) is 0 Å². The van der Waals surface area contributed by atoms with E-state index < -0.39 is 0 Å². The van der Waals surface area contributed by atoms with Gasteiger partial charge in [-0.05, 0) is 19.4 Å². The van der Waals surface area contributed by atoms with Crippen LogP contribution in [0.5, 0.6) is 0 Å². The molecule has 1 aromatic heterocycles. The average Bonchev–Trinajstić information content (AvgIpc) is 2.87. The first kappa shape index (κ1) is 9.61. The minimum Gasteiger partial charge on any atom is -0.349 e. The van der Waals surface area contributed by atoms with Crippen molar-refractivity contribution < 1.29 is 4.79 Å². The molecule has 1 unspecified atom stereocenters. The van der Waals surface area contributed by atoms with Gasteiger partial charge in [0.15, 0.2) is 0 Å². The largest absolute Gasteiger partial charge is 0.349 e. The van der Waals surface area contributed by atoms with Crippen LogP contribution in [0.2, 0.25) is 0 Å². The fourth-order valence-corrected chi connectivity index (χ4v) is 2.09. The molecule has 4 nitrogen and oxygen atoms in total. The second-order valence-corrected chi connectivity index (χ2v) is 4.10. The van der Waals surface area contributed by atoms with E-state index in [2.05, 4.69) is 15.6 Å². The Bertz CT molecular complexity index is 293. The molecule has 1 aliphatic heterocycles. The predicted octanol–water partition coefficient (Wildman–Crippen LogP) is 0.625. The minimum atomic E-state index is -0.0695. The van der Waals surface area contributed by atoms with Crippen molar-refractivity contribution in [3.63, 3.8) is 0 Å². The molecule has 1 atom stereocenters. The van der Waals surface area contributed by atoms with Crippen molar-refractivity contribution in [2.75, 3.05) is 13.1 Å². The molecular formula is C9H13N3OS. The molecule has 2 rings (SSSR count). The third-order valence-electron chi connectivity index (χ3n) is 2.34. The number of hydrogen-bond donors (Lipinski definition) is 2. The van der Waals surface area contributed by atoms with Gasteiger partial charge < -0.3 is 10.6 Å². The van der Waals surface area contributed by atoms with E-state index >= 15 is 0 Å². The summed E-state index contributed by atoms with van der Waals surface area (Å²) in [5.74, 6) is -0.0695. The Kier molecular flexibility index (Phi) is 3.10. The highest BCUT2D eigenvalue weighted by molar-refractivity contribution is 7.07. The molecule has 1 aliphatic rings. The third kappa shape index (κ3) is 2.30. The molecule has 76 valence electrons.